The number of fused-ring (bicyclic) bond motifs is 3. The molecule has 2 aromatic heterocycles. The van der Waals surface area contributed by atoms with Crippen LogP contribution >= 0.6 is 22.9 Å². The molecule has 0 spiro atoms. The Morgan fingerprint density at radius 2 is 2.14 bits per heavy atom. The molecule has 0 unspecified atom stereocenters. The zero-order valence-corrected chi connectivity index (χ0v) is 13.9. The van der Waals surface area contributed by atoms with Crippen LogP contribution in [0.3, 0.4) is 0 Å². The van der Waals surface area contributed by atoms with Gasteiger partial charge in [-0.3, -0.25) is 0 Å². The molecule has 0 amide bonds. The van der Waals surface area contributed by atoms with Gasteiger partial charge in [-0.15, -0.1) is 11.3 Å². The number of thiophene rings is 1. The van der Waals surface area contributed by atoms with Crippen LogP contribution in [0.2, 0.25) is 5.02 Å². The van der Waals surface area contributed by atoms with Crippen LogP contribution in [0, 0.1) is 0 Å². The van der Waals surface area contributed by atoms with Crippen LogP contribution in [0.5, 0.6) is 0 Å². The number of aromatic nitrogens is 1. The fourth-order valence-corrected chi connectivity index (χ4v) is 5.64. The highest BCUT2D eigenvalue weighted by atomic mass is 35.5. The minimum absolute atomic E-state index is 0.400. The van der Waals surface area contributed by atoms with E-state index < -0.39 is 10.0 Å². The normalized spacial score (nSPS) is 16.0. The number of hydrogen-bond donors (Lipinski definition) is 1. The van der Waals surface area contributed by atoms with Gasteiger partial charge in [-0.25, -0.2) is 8.42 Å². The largest absolute Gasteiger partial charge is 0.358 e. The molecule has 114 valence electrons. The molecule has 0 bridgehead atoms. The number of H-pyrrole nitrogens is 1. The van der Waals surface area contributed by atoms with Crippen molar-refractivity contribution in [2.45, 2.75) is 17.2 Å². The third-order valence-corrected chi connectivity index (χ3v) is 7.44. The van der Waals surface area contributed by atoms with Crippen LogP contribution in [0.15, 0.2) is 39.9 Å². The van der Waals surface area contributed by atoms with Crippen LogP contribution in [-0.4, -0.2) is 24.3 Å². The van der Waals surface area contributed by atoms with Crippen molar-refractivity contribution in [3.63, 3.8) is 0 Å². The first-order chi connectivity index (χ1) is 10.6. The Labute approximate surface area is 137 Å². The predicted molar refractivity (Wildman–Crippen MR) is 88.9 cm³/mol. The van der Waals surface area contributed by atoms with Crippen molar-refractivity contribution in [2.75, 3.05) is 6.54 Å². The van der Waals surface area contributed by atoms with Gasteiger partial charge in [-0.2, -0.15) is 4.31 Å². The molecule has 7 heteroatoms. The summed E-state index contributed by atoms with van der Waals surface area (Å²) in [5.74, 6) is 0. The molecule has 0 saturated heterocycles. The molecule has 1 aliphatic heterocycles. The van der Waals surface area contributed by atoms with Gasteiger partial charge in [-0.05, 0) is 29.1 Å². The van der Waals surface area contributed by atoms with Crippen molar-refractivity contribution in [3.05, 3.63) is 52.0 Å². The number of sulfonamides is 1. The lowest BCUT2D eigenvalue weighted by Gasteiger charge is -2.25. The van der Waals surface area contributed by atoms with Crippen LogP contribution < -0.4 is 0 Å². The first kappa shape index (κ1) is 14.3. The lowest BCUT2D eigenvalue weighted by Crippen LogP contribution is -2.35. The first-order valence-corrected chi connectivity index (χ1v) is 9.58. The second kappa shape index (κ2) is 5.09. The first-order valence-electron chi connectivity index (χ1n) is 6.88. The van der Waals surface area contributed by atoms with Crippen molar-refractivity contribution >= 4 is 43.9 Å². The summed E-state index contributed by atoms with van der Waals surface area (Å²) in [6.07, 6.45) is 0.687. The maximum Gasteiger partial charge on any atom is 0.252 e. The van der Waals surface area contributed by atoms with Crippen molar-refractivity contribution in [3.8, 4) is 0 Å². The lowest BCUT2D eigenvalue weighted by molar-refractivity contribution is 0.392. The zero-order valence-electron chi connectivity index (χ0n) is 11.5. The second-order valence-electron chi connectivity index (χ2n) is 5.29. The molecule has 0 aliphatic carbocycles. The minimum atomic E-state index is -3.40. The van der Waals surface area contributed by atoms with Crippen LogP contribution in [0.4, 0.5) is 0 Å². The summed E-state index contributed by atoms with van der Waals surface area (Å²) >= 11 is 7.28. The van der Waals surface area contributed by atoms with Gasteiger partial charge in [0.2, 0.25) is 0 Å². The van der Waals surface area contributed by atoms with E-state index in [-0.39, 0.29) is 0 Å². The van der Waals surface area contributed by atoms with E-state index in [9.17, 15) is 8.42 Å². The van der Waals surface area contributed by atoms with Crippen LogP contribution in [-0.2, 0) is 23.0 Å². The highest BCUT2D eigenvalue weighted by molar-refractivity contribution is 7.91. The number of aromatic amines is 1. The Kier molecular flexibility index (Phi) is 3.30. The predicted octanol–water partition coefficient (Wildman–Crippen LogP) is 3.63. The Balaban J connectivity index is 1.77. The van der Waals surface area contributed by atoms with E-state index in [2.05, 4.69) is 4.98 Å². The summed E-state index contributed by atoms with van der Waals surface area (Å²) in [4.78, 5) is 3.36. The topological polar surface area (TPSA) is 53.2 Å². The number of halogens is 1. The average Bonchev–Trinajstić information content (AvgIpc) is 3.13. The van der Waals surface area contributed by atoms with Gasteiger partial charge in [0.15, 0.2) is 0 Å². The second-order valence-corrected chi connectivity index (χ2v) is 8.84. The molecular weight excluding hydrogens is 340 g/mol. The molecule has 3 heterocycles. The summed E-state index contributed by atoms with van der Waals surface area (Å²) < 4.78 is 27.3. The molecule has 0 atom stereocenters. The summed E-state index contributed by atoms with van der Waals surface area (Å²) in [7, 11) is -3.40. The molecule has 1 aromatic carbocycles. The Bertz CT molecular complexity index is 945. The van der Waals surface area contributed by atoms with Crippen molar-refractivity contribution in [1.82, 2.24) is 9.29 Å². The molecule has 22 heavy (non-hydrogen) atoms. The van der Waals surface area contributed by atoms with E-state index in [0.29, 0.717) is 28.7 Å². The maximum absolute atomic E-state index is 12.7. The molecule has 4 rings (SSSR count). The van der Waals surface area contributed by atoms with E-state index in [1.165, 1.54) is 11.3 Å². The summed E-state index contributed by atoms with van der Waals surface area (Å²) in [6, 6.07) is 9.09. The molecule has 1 N–H and O–H groups in total. The Hall–Kier alpha value is -1.34. The van der Waals surface area contributed by atoms with Gasteiger partial charge in [0, 0.05) is 41.1 Å². The molecule has 3 aromatic rings. The van der Waals surface area contributed by atoms with Crippen molar-refractivity contribution < 1.29 is 8.42 Å². The molecule has 0 fully saturated rings. The molecular formula is C15H13ClN2O2S2. The molecule has 4 nitrogen and oxygen atoms in total. The molecule has 1 aliphatic rings. The number of rotatable bonds is 2. The van der Waals surface area contributed by atoms with Gasteiger partial charge in [0.25, 0.3) is 10.0 Å². The zero-order chi connectivity index (χ0) is 15.3. The summed E-state index contributed by atoms with van der Waals surface area (Å²) in [6.45, 7) is 0.894. The Morgan fingerprint density at radius 1 is 1.27 bits per heavy atom. The smallest absolute Gasteiger partial charge is 0.252 e. The third-order valence-electron chi connectivity index (χ3n) is 3.99. The van der Waals surface area contributed by atoms with Crippen LogP contribution in [0.25, 0.3) is 10.9 Å². The maximum atomic E-state index is 12.7. The number of benzene rings is 1. The van der Waals surface area contributed by atoms with Crippen molar-refractivity contribution in [2.24, 2.45) is 0 Å². The van der Waals surface area contributed by atoms with E-state index in [0.717, 1.165) is 22.2 Å². The summed E-state index contributed by atoms with van der Waals surface area (Å²) in [5, 5.41) is 3.51. The van der Waals surface area contributed by atoms with Crippen LogP contribution in [0.1, 0.15) is 11.3 Å². The average molecular weight is 353 g/mol. The fraction of sp³-hybridized carbons (Fsp3) is 0.200. The van der Waals surface area contributed by atoms with Gasteiger partial charge < -0.3 is 4.98 Å². The highest BCUT2D eigenvalue weighted by Crippen LogP contribution is 2.32. The molecule has 0 saturated carbocycles. The number of hydrogen-bond acceptors (Lipinski definition) is 3. The number of nitrogens with one attached hydrogen (secondary N) is 1. The van der Waals surface area contributed by atoms with Crippen molar-refractivity contribution in [1.29, 1.82) is 0 Å². The van der Waals surface area contributed by atoms with E-state index in [4.69, 9.17) is 11.6 Å². The van der Waals surface area contributed by atoms with Gasteiger partial charge in [-0.1, -0.05) is 23.7 Å². The monoisotopic (exact) mass is 352 g/mol. The van der Waals surface area contributed by atoms with E-state index in [1.54, 1.807) is 21.8 Å². The SMILES string of the molecule is O=S(=O)(c1cccs1)N1CCc2[nH]c3cc(Cl)ccc3c2C1. The Morgan fingerprint density at radius 3 is 2.91 bits per heavy atom. The quantitative estimate of drug-likeness (QED) is 0.765. The minimum Gasteiger partial charge on any atom is -0.358 e. The highest BCUT2D eigenvalue weighted by Gasteiger charge is 2.30. The van der Waals surface area contributed by atoms with Gasteiger partial charge >= 0.3 is 0 Å². The standard InChI is InChI=1S/C15H13ClN2O2S2/c16-10-3-4-11-12-9-18(6-5-13(12)17-14(11)8-10)22(19,20)15-2-1-7-21-15/h1-4,7-8,17H,5-6,9H2. The summed E-state index contributed by atoms with van der Waals surface area (Å²) in [5.41, 5.74) is 3.13. The molecule has 0 radical (unpaired) electrons. The number of nitrogens with zero attached hydrogens (tertiary/aromatic N) is 1. The fourth-order valence-electron chi connectivity index (χ4n) is 2.91. The van der Waals surface area contributed by atoms with E-state index >= 15 is 0 Å². The third kappa shape index (κ3) is 2.18. The van der Waals surface area contributed by atoms with Gasteiger partial charge in [0.1, 0.15) is 4.21 Å². The van der Waals surface area contributed by atoms with E-state index in [1.807, 2.05) is 18.2 Å². The lowest BCUT2D eigenvalue weighted by atomic mass is 10.1. The van der Waals surface area contributed by atoms with Gasteiger partial charge in [0.05, 0.1) is 0 Å².